The SMILES string of the molecule is CCc1ccccc1Nc1noc2c1CN(C(=O)CCC1(C)NC(=O)NC1=O)CC2. The van der Waals surface area contributed by atoms with Crippen LogP contribution < -0.4 is 16.0 Å². The average Bonchev–Trinajstić information content (AvgIpc) is 3.25. The van der Waals surface area contributed by atoms with Crippen molar-refractivity contribution in [3.05, 3.63) is 41.2 Å². The van der Waals surface area contributed by atoms with Gasteiger partial charge in [-0.1, -0.05) is 30.3 Å². The monoisotopic (exact) mass is 411 g/mol. The van der Waals surface area contributed by atoms with Gasteiger partial charge >= 0.3 is 6.03 Å². The average molecular weight is 411 g/mol. The first-order chi connectivity index (χ1) is 14.4. The van der Waals surface area contributed by atoms with Crippen LogP contribution in [0.5, 0.6) is 0 Å². The van der Waals surface area contributed by atoms with E-state index in [4.69, 9.17) is 4.52 Å². The minimum absolute atomic E-state index is 0.0723. The molecule has 158 valence electrons. The number of carbonyl (C=O) groups excluding carboxylic acids is 3. The minimum Gasteiger partial charge on any atom is -0.359 e. The van der Waals surface area contributed by atoms with Gasteiger partial charge in [0.05, 0.1) is 12.1 Å². The van der Waals surface area contributed by atoms with Gasteiger partial charge in [0.1, 0.15) is 11.3 Å². The number of benzene rings is 1. The number of fused-ring (bicyclic) bond motifs is 1. The van der Waals surface area contributed by atoms with Crippen LogP contribution in [0.1, 0.15) is 43.6 Å². The highest BCUT2D eigenvalue weighted by atomic mass is 16.5. The van der Waals surface area contributed by atoms with E-state index in [-0.39, 0.29) is 18.7 Å². The highest BCUT2D eigenvalue weighted by Crippen LogP contribution is 2.30. The van der Waals surface area contributed by atoms with Crippen LogP contribution in [-0.2, 0) is 29.0 Å². The molecule has 0 aliphatic carbocycles. The van der Waals surface area contributed by atoms with Gasteiger partial charge in [0.2, 0.25) is 5.91 Å². The van der Waals surface area contributed by atoms with Crippen LogP contribution in [0.25, 0.3) is 0 Å². The summed E-state index contributed by atoms with van der Waals surface area (Å²) < 4.78 is 5.49. The number of para-hydroxylation sites is 1. The van der Waals surface area contributed by atoms with E-state index in [1.165, 1.54) is 5.56 Å². The fraction of sp³-hybridized carbons (Fsp3) is 0.429. The van der Waals surface area contributed by atoms with Crippen LogP contribution in [0.3, 0.4) is 0 Å². The molecule has 0 bridgehead atoms. The molecule has 1 aromatic carbocycles. The maximum absolute atomic E-state index is 12.8. The van der Waals surface area contributed by atoms with Crippen molar-refractivity contribution in [3.8, 4) is 0 Å². The number of imide groups is 1. The fourth-order valence-electron chi connectivity index (χ4n) is 3.87. The Morgan fingerprint density at radius 2 is 2.13 bits per heavy atom. The van der Waals surface area contributed by atoms with Crippen LogP contribution in [0.4, 0.5) is 16.3 Å². The zero-order chi connectivity index (χ0) is 21.3. The van der Waals surface area contributed by atoms with Gasteiger partial charge in [0, 0.05) is 25.1 Å². The molecule has 2 aromatic rings. The number of nitrogens with one attached hydrogen (secondary N) is 3. The van der Waals surface area contributed by atoms with Crippen LogP contribution >= 0.6 is 0 Å². The molecule has 4 rings (SSSR count). The molecule has 2 aliphatic rings. The van der Waals surface area contributed by atoms with Crippen LogP contribution in [0.2, 0.25) is 0 Å². The van der Waals surface area contributed by atoms with E-state index in [1.54, 1.807) is 11.8 Å². The first-order valence-corrected chi connectivity index (χ1v) is 10.1. The standard InChI is InChI=1S/C21H25N5O4/c1-3-13-6-4-5-7-15(13)22-18-14-12-26(11-9-16(14)30-25-18)17(27)8-10-21(2)19(28)23-20(29)24-21/h4-7H,3,8-12H2,1-2H3,(H,22,25)(H2,23,24,28,29). The number of hydrogen-bond acceptors (Lipinski definition) is 6. The highest BCUT2D eigenvalue weighted by Gasteiger charge is 2.42. The van der Waals surface area contributed by atoms with E-state index < -0.39 is 17.5 Å². The number of carbonyl (C=O) groups is 3. The number of aryl methyl sites for hydroxylation is 1. The maximum Gasteiger partial charge on any atom is 0.322 e. The first kappa shape index (κ1) is 19.9. The van der Waals surface area contributed by atoms with Gasteiger partial charge in [-0.05, 0) is 31.4 Å². The molecule has 9 heteroatoms. The van der Waals surface area contributed by atoms with Gasteiger partial charge in [-0.25, -0.2) is 4.79 Å². The van der Waals surface area contributed by atoms with E-state index in [0.29, 0.717) is 25.3 Å². The molecule has 1 fully saturated rings. The Labute approximate surface area is 174 Å². The summed E-state index contributed by atoms with van der Waals surface area (Å²) in [6.45, 7) is 4.64. The molecule has 9 nitrogen and oxygen atoms in total. The molecule has 1 aromatic heterocycles. The predicted molar refractivity (Wildman–Crippen MR) is 109 cm³/mol. The number of rotatable bonds is 6. The highest BCUT2D eigenvalue weighted by molar-refractivity contribution is 6.06. The Kier molecular flexibility index (Phi) is 5.19. The number of aromatic nitrogens is 1. The molecule has 30 heavy (non-hydrogen) atoms. The quantitative estimate of drug-likeness (QED) is 0.628. The molecule has 1 saturated heterocycles. The molecule has 0 radical (unpaired) electrons. The summed E-state index contributed by atoms with van der Waals surface area (Å²) in [6.07, 6.45) is 1.87. The summed E-state index contributed by atoms with van der Waals surface area (Å²) in [7, 11) is 0. The Hall–Kier alpha value is -3.36. The molecular formula is C21H25N5O4. The number of anilines is 2. The molecule has 4 amide bonds. The van der Waals surface area contributed by atoms with Crippen molar-refractivity contribution in [2.45, 2.75) is 51.6 Å². The molecule has 1 atom stereocenters. The molecule has 1 unspecified atom stereocenters. The summed E-state index contributed by atoms with van der Waals surface area (Å²) in [4.78, 5) is 37.9. The van der Waals surface area contributed by atoms with Gasteiger partial charge in [-0.2, -0.15) is 0 Å². The summed E-state index contributed by atoms with van der Waals surface area (Å²) >= 11 is 0. The van der Waals surface area contributed by atoms with Gasteiger partial charge < -0.3 is 20.1 Å². The van der Waals surface area contributed by atoms with Crippen LogP contribution in [0, 0.1) is 0 Å². The summed E-state index contributed by atoms with van der Waals surface area (Å²) in [6, 6.07) is 7.49. The number of urea groups is 1. The third-order valence-electron chi connectivity index (χ3n) is 5.79. The van der Waals surface area contributed by atoms with Crippen LogP contribution in [0.15, 0.2) is 28.8 Å². The Morgan fingerprint density at radius 3 is 2.87 bits per heavy atom. The lowest BCUT2D eigenvalue weighted by Crippen LogP contribution is -2.45. The van der Waals surface area contributed by atoms with Crippen molar-refractivity contribution in [1.82, 2.24) is 20.7 Å². The van der Waals surface area contributed by atoms with E-state index in [2.05, 4.69) is 34.1 Å². The molecule has 0 spiro atoms. The van der Waals surface area contributed by atoms with E-state index >= 15 is 0 Å². The van der Waals surface area contributed by atoms with Crippen LogP contribution in [-0.4, -0.2) is 40.0 Å². The largest absolute Gasteiger partial charge is 0.359 e. The fourth-order valence-corrected chi connectivity index (χ4v) is 3.87. The number of nitrogens with zero attached hydrogens (tertiary/aromatic N) is 2. The summed E-state index contributed by atoms with van der Waals surface area (Å²) in [5, 5.41) is 12.3. The van der Waals surface area contributed by atoms with Gasteiger partial charge in [0.25, 0.3) is 5.91 Å². The Bertz CT molecular complexity index is 1000. The number of amides is 4. The van der Waals surface area contributed by atoms with E-state index in [1.807, 2.05) is 18.2 Å². The zero-order valence-corrected chi connectivity index (χ0v) is 17.1. The molecule has 3 heterocycles. The lowest BCUT2D eigenvalue weighted by atomic mass is 9.95. The number of hydrogen-bond donors (Lipinski definition) is 3. The summed E-state index contributed by atoms with van der Waals surface area (Å²) in [5.41, 5.74) is 1.96. The van der Waals surface area contributed by atoms with Crippen molar-refractivity contribution in [2.75, 3.05) is 11.9 Å². The molecule has 2 aliphatic heterocycles. The van der Waals surface area contributed by atoms with Gasteiger partial charge in [0.15, 0.2) is 5.82 Å². The Balaban J connectivity index is 1.43. The zero-order valence-electron chi connectivity index (χ0n) is 17.1. The molecule has 3 N–H and O–H groups in total. The van der Waals surface area contributed by atoms with Crippen molar-refractivity contribution >= 4 is 29.4 Å². The summed E-state index contributed by atoms with van der Waals surface area (Å²) in [5.74, 6) is 0.931. The van der Waals surface area contributed by atoms with Crippen molar-refractivity contribution in [3.63, 3.8) is 0 Å². The smallest absolute Gasteiger partial charge is 0.322 e. The topological polar surface area (TPSA) is 117 Å². The van der Waals surface area contributed by atoms with Crippen molar-refractivity contribution < 1.29 is 18.9 Å². The van der Waals surface area contributed by atoms with E-state index in [9.17, 15) is 14.4 Å². The predicted octanol–water partition coefficient (Wildman–Crippen LogP) is 2.24. The second kappa shape index (κ2) is 7.81. The first-order valence-electron chi connectivity index (χ1n) is 10.1. The Morgan fingerprint density at radius 1 is 1.33 bits per heavy atom. The third-order valence-corrected chi connectivity index (χ3v) is 5.79. The van der Waals surface area contributed by atoms with Gasteiger partial charge in [-0.15, -0.1) is 0 Å². The normalized spacial score (nSPS) is 20.5. The lowest BCUT2D eigenvalue weighted by molar-refractivity contribution is -0.133. The minimum atomic E-state index is -1.05. The second-order valence-corrected chi connectivity index (χ2v) is 7.87. The maximum atomic E-state index is 12.8. The van der Waals surface area contributed by atoms with Crippen molar-refractivity contribution in [1.29, 1.82) is 0 Å². The third kappa shape index (κ3) is 3.74. The second-order valence-electron chi connectivity index (χ2n) is 7.87. The van der Waals surface area contributed by atoms with Crippen molar-refractivity contribution in [2.24, 2.45) is 0 Å². The molecular weight excluding hydrogens is 386 g/mol. The lowest BCUT2D eigenvalue weighted by Gasteiger charge is -2.28. The van der Waals surface area contributed by atoms with E-state index in [0.717, 1.165) is 23.4 Å². The molecule has 0 saturated carbocycles. The van der Waals surface area contributed by atoms with Gasteiger partial charge in [-0.3, -0.25) is 14.9 Å².